The smallest absolute Gasteiger partial charge is 0.341 e. The van der Waals surface area contributed by atoms with E-state index < -0.39 is 5.97 Å². The zero-order valence-corrected chi connectivity index (χ0v) is 11.2. The third kappa shape index (κ3) is 3.48. The number of esters is 1. The molecule has 0 aliphatic carbocycles. The van der Waals surface area contributed by atoms with E-state index in [0.29, 0.717) is 22.9 Å². The first-order valence-electron chi connectivity index (χ1n) is 5.75. The molecule has 0 radical (unpaired) electrons. The second-order valence-electron chi connectivity index (χ2n) is 3.90. The molecule has 3 nitrogen and oxygen atoms in total. The van der Waals surface area contributed by atoms with Crippen molar-refractivity contribution in [2.45, 2.75) is 6.61 Å². The Balaban J connectivity index is 2.11. The van der Waals surface area contributed by atoms with Crippen molar-refractivity contribution in [3.8, 4) is 5.75 Å². The van der Waals surface area contributed by atoms with Crippen molar-refractivity contribution < 1.29 is 14.3 Å². The molecule has 0 bridgehead atoms. The van der Waals surface area contributed by atoms with Gasteiger partial charge in [-0.3, -0.25) is 0 Å². The first-order chi connectivity index (χ1) is 9.20. The summed E-state index contributed by atoms with van der Waals surface area (Å²) in [6, 6.07) is 14.3. The molecule has 4 heteroatoms. The Morgan fingerprint density at radius 2 is 1.79 bits per heavy atom. The average Bonchev–Trinajstić information content (AvgIpc) is 2.46. The van der Waals surface area contributed by atoms with Crippen molar-refractivity contribution in [1.29, 1.82) is 0 Å². The largest absolute Gasteiger partial charge is 0.488 e. The number of hydrogen-bond donors (Lipinski definition) is 0. The Kier molecular flexibility index (Phi) is 4.42. The molecule has 2 rings (SSSR count). The van der Waals surface area contributed by atoms with Gasteiger partial charge in [0.2, 0.25) is 0 Å². The third-order valence-electron chi connectivity index (χ3n) is 2.60. The lowest BCUT2D eigenvalue weighted by Gasteiger charge is -2.10. The predicted molar refractivity (Wildman–Crippen MR) is 73.6 cm³/mol. The van der Waals surface area contributed by atoms with Crippen LogP contribution in [-0.2, 0) is 11.3 Å². The molecule has 0 aromatic heterocycles. The molecule has 2 aromatic carbocycles. The third-order valence-corrected chi connectivity index (χ3v) is 2.85. The summed E-state index contributed by atoms with van der Waals surface area (Å²) in [4.78, 5) is 11.6. The van der Waals surface area contributed by atoms with Gasteiger partial charge in [0.15, 0.2) is 0 Å². The van der Waals surface area contributed by atoms with Crippen molar-refractivity contribution in [2.75, 3.05) is 7.11 Å². The molecule has 0 saturated carbocycles. The molecule has 0 saturated heterocycles. The van der Waals surface area contributed by atoms with Gasteiger partial charge in [0.25, 0.3) is 0 Å². The van der Waals surface area contributed by atoms with Crippen LogP contribution in [0.5, 0.6) is 5.75 Å². The Hall–Kier alpha value is -2.00. The zero-order chi connectivity index (χ0) is 13.7. The quantitative estimate of drug-likeness (QED) is 0.799. The van der Waals surface area contributed by atoms with E-state index in [0.717, 1.165) is 5.56 Å². The second kappa shape index (κ2) is 6.25. The molecule has 0 atom stereocenters. The first kappa shape index (κ1) is 13.4. The highest BCUT2D eigenvalue weighted by Crippen LogP contribution is 2.20. The number of para-hydroxylation sites is 1. The van der Waals surface area contributed by atoms with E-state index in [1.54, 1.807) is 30.3 Å². The number of carbonyl (C=O) groups is 1. The fourth-order valence-electron chi connectivity index (χ4n) is 1.61. The standard InChI is InChI=1S/C15H13ClO3/c1-18-15(17)13-4-2-3-5-14(13)19-10-11-6-8-12(16)9-7-11/h2-9H,10H2,1H3. The number of methoxy groups -OCH3 is 1. The van der Waals surface area contributed by atoms with Crippen molar-refractivity contribution in [3.05, 3.63) is 64.7 Å². The van der Waals surface area contributed by atoms with Gasteiger partial charge < -0.3 is 9.47 Å². The Morgan fingerprint density at radius 1 is 1.11 bits per heavy atom. The maximum Gasteiger partial charge on any atom is 0.341 e. The van der Waals surface area contributed by atoms with E-state index in [2.05, 4.69) is 0 Å². The number of carbonyl (C=O) groups excluding carboxylic acids is 1. The molecule has 0 unspecified atom stereocenters. The van der Waals surface area contributed by atoms with Gasteiger partial charge in [-0.2, -0.15) is 0 Å². The van der Waals surface area contributed by atoms with E-state index in [1.165, 1.54) is 7.11 Å². The molecule has 98 valence electrons. The summed E-state index contributed by atoms with van der Waals surface area (Å²) >= 11 is 5.81. The lowest BCUT2D eigenvalue weighted by molar-refractivity contribution is 0.0595. The van der Waals surface area contributed by atoms with Crippen LogP contribution >= 0.6 is 11.6 Å². The lowest BCUT2D eigenvalue weighted by atomic mass is 10.2. The van der Waals surface area contributed by atoms with Crippen LogP contribution in [0.1, 0.15) is 15.9 Å². The predicted octanol–water partition coefficient (Wildman–Crippen LogP) is 3.71. The molecule has 0 N–H and O–H groups in total. The summed E-state index contributed by atoms with van der Waals surface area (Å²) < 4.78 is 10.4. The van der Waals surface area contributed by atoms with Gasteiger partial charge in [-0.25, -0.2) is 4.79 Å². The van der Waals surface area contributed by atoms with Crippen LogP contribution in [0, 0.1) is 0 Å². The molecule has 0 aliphatic rings. The molecule has 2 aromatic rings. The molecule has 0 aliphatic heterocycles. The van der Waals surface area contributed by atoms with Crippen molar-refractivity contribution in [1.82, 2.24) is 0 Å². The number of benzene rings is 2. The number of halogens is 1. The van der Waals surface area contributed by atoms with Crippen LogP contribution in [0.4, 0.5) is 0 Å². The van der Waals surface area contributed by atoms with E-state index in [9.17, 15) is 4.79 Å². The summed E-state index contributed by atoms with van der Waals surface area (Å²) in [7, 11) is 1.35. The molecular formula is C15H13ClO3. The monoisotopic (exact) mass is 276 g/mol. The summed E-state index contributed by atoms with van der Waals surface area (Å²) in [5, 5.41) is 0.679. The van der Waals surface area contributed by atoms with Gasteiger partial charge in [0.05, 0.1) is 7.11 Å². The first-order valence-corrected chi connectivity index (χ1v) is 6.13. The van der Waals surface area contributed by atoms with E-state index in [-0.39, 0.29) is 0 Å². The molecule has 0 heterocycles. The fraction of sp³-hybridized carbons (Fsp3) is 0.133. The summed E-state index contributed by atoms with van der Waals surface area (Å²) in [5.41, 5.74) is 1.39. The van der Waals surface area contributed by atoms with Crippen LogP contribution in [0.25, 0.3) is 0 Å². The van der Waals surface area contributed by atoms with Gasteiger partial charge in [-0.1, -0.05) is 35.9 Å². The minimum atomic E-state index is -0.410. The van der Waals surface area contributed by atoms with E-state index in [4.69, 9.17) is 21.1 Å². The normalized spacial score (nSPS) is 10.0. The minimum Gasteiger partial charge on any atom is -0.488 e. The number of hydrogen-bond acceptors (Lipinski definition) is 3. The van der Waals surface area contributed by atoms with Gasteiger partial charge in [0.1, 0.15) is 17.9 Å². The summed E-state index contributed by atoms with van der Waals surface area (Å²) in [5.74, 6) is 0.0935. The van der Waals surface area contributed by atoms with Crippen molar-refractivity contribution in [2.24, 2.45) is 0 Å². The molecule has 0 fully saturated rings. The molecular weight excluding hydrogens is 264 g/mol. The van der Waals surface area contributed by atoms with Gasteiger partial charge in [-0.15, -0.1) is 0 Å². The Morgan fingerprint density at radius 3 is 2.47 bits per heavy atom. The van der Waals surface area contributed by atoms with Crippen LogP contribution in [-0.4, -0.2) is 13.1 Å². The Bertz CT molecular complexity index is 564. The van der Waals surface area contributed by atoms with Crippen LogP contribution in [0.3, 0.4) is 0 Å². The molecule has 0 amide bonds. The zero-order valence-electron chi connectivity index (χ0n) is 10.4. The van der Waals surface area contributed by atoms with E-state index >= 15 is 0 Å². The Labute approximate surface area is 116 Å². The highest BCUT2D eigenvalue weighted by Gasteiger charge is 2.11. The van der Waals surface area contributed by atoms with Crippen molar-refractivity contribution >= 4 is 17.6 Å². The van der Waals surface area contributed by atoms with Crippen molar-refractivity contribution in [3.63, 3.8) is 0 Å². The van der Waals surface area contributed by atoms with Crippen LogP contribution < -0.4 is 4.74 Å². The number of rotatable bonds is 4. The maximum atomic E-state index is 11.6. The lowest BCUT2D eigenvalue weighted by Crippen LogP contribution is -2.05. The SMILES string of the molecule is COC(=O)c1ccccc1OCc1ccc(Cl)cc1. The van der Waals surface area contributed by atoms with Crippen LogP contribution in [0.2, 0.25) is 5.02 Å². The molecule has 19 heavy (non-hydrogen) atoms. The average molecular weight is 277 g/mol. The van der Waals surface area contributed by atoms with Crippen LogP contribution in [0.15, 0.2) is 48.5 Å². The molecule has 0 spiro atoms. The highest BCUT2D eigenvalue weighted by atomic mass is 35.5. The van der Waals surface area contributed by atoms with Gasteiger partial charge >= 0.3 is 5.97 Å². The minimum absolute atomic E-state index is 0.366. The topological polar surface area (TPSA) is 35.5 Å². The van der Waals surface area contributed by atoms with Gasteiger partial charge in [-0.05, 0) is 29.8 Å². The maximum absolute atomic E-state index is 11.6. The number of ether oxygens (including phenoxy) is 2. The fourth-order valence-corrected chi connectivity index (χ4v) is 1.74. The second-order valence-corrected chi connectivity index (χ2v) is 4.34. The van der Waals surface area contributed by atoms with E-state index in [1.807, 2.05) is 18.2 Å². The van der Waals surface area contributed by atoms with Gasteiger partial charge in [0, 0.05) is 5.02 Å². The summed E-state index contributed by atoms with van der Waals surface area (Å²) in [6.07, 6.45) is 0. The summed E-state index contributed by atoms with van der Waals surface area (Å²) in [6.45, 7) is 0.366. The highest BCUT2D eigenvalue weighted by molar-refractivity contribution is 6.30.